The van der Waals surface area contributed by atoms with E-state index < -0.39 is 25.0 Å². The SMILES string of the molecule is Cc1coc(C)c1C(=O)N1CCOCC(F)(F)C1. The summed E-state index contributed by atoms with van der Waals surface area (Å²) in [6.45, 7) is 2.40. The lowest BCUT2D eigenvalue weighted by molar-refractivity contribution is -0.0660. The summed E-state index contributed by atoms with van der Waals surface area (Å²) in [7, 11) is 0. The van der Waals surface area contributed by atoms with Crippen LogP contribution in [0.3, 0.4) is 0 Å². The second-order valence-electron chi connectivity index (χ2n) is 4.49. The largest absolute Gasteiger partial charge is 0.469 e. The number of aryl methyl sites for hydroxylation is 2. The normalized spacial score (nSPS) is 19.7. The Morgan fingerprint density at radius 1 is 1.44 bits per heavy atom. The number of carbonyl (C=O) groups is 1. The molecule has 0 atom stereocenters. The summed E-state index contributed by atoms with van der Waals surface area (Å²) in [5.74, 6) is -2.98. The standard InChI is InChI=1S/C12H15F2NO3/c1-8-5-18-9(2)10(8)11(16)15-3-4-17-7-12(13,14)6-15/h5H,3-4,6-7H2,1-2H3. The molecule has 4 nitrogen and oxygen atoms in total. The molecule has 0 saturated carbocycles. The van der Waals surface area contributed by atoms with Crippen molar-refractivity contribution in [3.05, 3.63) is 23.2 Å². The number of nitrogens with zero attached hydrogens (tertiary/aromatic N) is 1. The van der Waals surface area contributed by atoms with Gasteiger partial charge in [0.25, 0.3) is 11.8 Å². The van der Waals surface area contributed by atoms with Gasteiger partial charge in [-0.2, -0.15) is 0 Å². The van der Waals surface area contributed by atoms with Crippen molar-refractivity contribution >= 4 is 5.91 Å². The summed E-state index contributed by atoms with van der Waals surface area (Å²) in [5, 5.41) is 0. The van der Waals surface area contributed by atoms with Gasteiger partial charge in [0, 0.05) is 12.1 Å². The van der Waals surface area contributed by atoms with Crippen molar-refractivity contribution in [1.29, 1.82) is 0 Å². The molecule has 1 aliphatic heterocycles. The van der Waals surface area contributed by atoms with Crippen LogP contribution in [0.5, 0.6) is 0 Å². The molecule has 100 valence electrons. The monoisotopic (exact) mass is 259 g/mol. The van der Waals surface area contributed by atoms with E-state index in [1.807, 2.05) is 0 Å². The molecule has 0 unspecified atom stereocenters. The third-order valence-corrected chi connectivity index (χ3v) is 2.90. The lowest BCUT2D eigenvalue weighted by atomic mass is 10.1. The highest BCUT2D eigenvalue weighted by Crippen LogP contribution is 2.23. The Balaban J connectivity index is 2.23. The van der Waals surface area contributed by atoms with Gasteiger partial charge >= 0.3 is 0 Å². The van der Waals surface area contributed by atoms with Crippen molar-refractivity contribution in [2.45, 2.75) is 19.8 Å². The highest BCUT2D eigenvalue weighted by molar-refractivity contribution is 5.96. The molecule has 1 saturated heterocycles. The predicted molar refractivity (Wildman–Crippen MR) is 59.9 cm³/mol. The Bertz CT molecular complexity index is 437. The molecule has 0 N–H and O–H groups in total. The smallest absolute Gasteiger partial charge is 0.288 e. The fraction of sp³-hybridized carbons (Fsp3) is 0.583. The number of ether oxygens (including phenoxy) is 1. The molecule has 1 amide bonds. The molecule has 1 aromatic heterocycles. The van der Waals surface area contributed by atoms with E-state index in [0.717, 1.165) is 4.90 Å². The van der Waals surface area contributed by atoms with E-state index in [1.54, 1.807) is 13.8 Å². The number of alkyl halides is 2. The first kappa shape index (κ1) is 13.0. The van der Waals surface area contributed by atoms with Gasteiger partial charge in [-0.15, -0.1) is 0 Å². The molecule has 1 aromatic rings. The Hall–Kier alpha value is -1.43. The molecule has 0 aliphatic carbocycles. The predicted octanol–water partition coefficient (Wildman–Crippen LogP) is 2.00. The third kappa shape index (κ3) is 2.53. The first-order valence-corrected chi connectivity index (χ1v) is 5.70. The van der Waals surface area contributed by atoms with Gasteiger partial charge in [-0.3, -0.25) is 4.79 Å². The fourth-order valence-electron chi connectivity index (χ4n) is 2.02. The first-order chi connectivity index (χ1) is 8.41. The summed E-state index contributed by atoms with van der Waals surface area (Å²) in [6, 6.07) is 0. The van der Waals surface area contributed by atoms with Crippen molar-refractivity contribution < 1.29 is 22.7 Å². The minimum absolute atomic E-state index is 0.122. The molecule has 1 aliphatic rings. The minimum atomic E-state index is -3.00. The maximum atomic E-state index is 13.4. The van der Waals surface area contributed by atoms with Crippen molar-refractivity contribution in [1.82, 2.24) is 4.90 Å². The summed E-state index contributed by atoms with van der Waals surface area (Å²) in [6.07, 6.45) is 1.45. The summed E-state index contributed by atoms with van der Waals surface area (Å²) in [4.78, 5) is 13.3. The molecule has 0 spiro atoms. The van der Waals surface area contributed by atoms with E-state index in [-0.39, 0.29) is 13.2 Å². The van der Waals surface area contributed by atoms with Crippen LogP contribution in [0.2, 0.25) is 0 Å². The van der Waals surface area contributed by atoms with Crippen LogP contribution in [0, 0.1) is 13.8 Å². The Labute approximate surface area is 104 Å². The molecule has 6 heteroatoms. The summed E-state index contributed by atoms with van der Waals surface area (Å²) < 4.78 is 36.7. The third-order valence-electron chi connectivity index (χ3n) is 2.90. The second kappa shape index (κ2) is 4.68. The number of furan rings is 1. The zero-order valence-corrected chi connectivity index (χ0v) is 10.3. The zero-order chi connectivity index (χ0) is 13.3. The molecule has 0 radical (unpaired) electrons. The van der Waals surface area contributed by atoms with Crippen LogP contribution < -0.4 is 0 Å². The highest BCUT2D eigenvalue weighted by Gasteiger charge is 2.37. The van der Waals surface area contributed by atoms with Crippen LogP contribution in [-0.2, 0) is 4.74 Å². The van der Waals surface area contributed by atoms with E-state index in [9.17, 15) is 13.6 Å². The average molecular weight is 259 g/mol. The molecule has 0 aromatic carbocycles. The molecule has 2 rings (SSSR count). The van der Waals surface area contributed by atoms with Crippen LogP contribution in [0.4, 0.5) is 8.78 Å². The maximum Gasteiger partial charge on any atom is 0.288 e. The van der Waals surface area contributed by atoms with Gasteiger partial charge in [0.05, 0.1) is 25.0 Å². The molecular formula is C12H15F2NO3. The number of hydrogen-bond donors (Lipinski definition) is 0. The van der Waals surface area contributed by atoms with Gasteiger partial charge in [0.1, 0.15) is 12.4 Å². The van der Waals surface area contributed by atoms with Crippen LogP contribution in [0.15, 0.2) is 10.7 Å². The van der Waals surface area contributed by atoms with Gasteiger partial charge in [0.15, 0.2) is 0 Å². The lowest BCUT2D eigenvalue weighted by Gasteiger charge is -2.23. The molecule has 0 bridgehead atoms. The van der Waals surface area contributed by atoms with Crippen LogP contribution in [-0.4, -0.2) is 43.0 Å². The number of rotatable bonds is 1. The Morgan fingerprint density at radius 2 is 2.17 bits per heavy atom. The van der Waals surface area contributed by atoms with Crippen molar-refractivity contribution in [2.75, 3.05) is 26.3 Å². The summed E-state index contributed by atoms with van der Waals surface area (Å²) >= 11 is 0. The zero-order valence-electron chi connectivity index (χ0n) is 10.3. The van der Waals surface area contributed by atoms with E-state index >= 15 is 0 Å². The van der Waals surface area contributed by atoms with Crippen LogP contribution >= 0.6 is 0 Å². The van der Waals surface area contributed by atoms with E-state index in [0.29, 0.717) is 16.9 Å². The molecule has 18 heavy (non-hydrogen) atoms. The highest BCUT2D eigenvalue weighted by atomic mass is 19.3. The maximum absolute atomic E-state index is 13.4. The van der Waals surface area contributed by atoms with E-state index in [2.05, 4.69) is 0 Å². The molecule has 1 fully saturated rings. The summed E-state index contributed by atoms with van der Waals surface area (Å²) in [5.41, 5.74) is 1.03. The first-order valence-electron chi connectivity index (χ1n) is 5.70. The van der Waals surface area contributed by atoms with Gasteiger partial charge in [-0.05, 0) is 13.8 Å². The van der Waals surface area contributed by atoms with Gasteiger partial charge < -0.3 is 14.1 Å². The topological polar surface area (TPSA) is 42.7 Å². The number of halogens is 2. The van der Waals surface area contributed by atoms with Crippen LogP contribution in [0.1, 0.15) is 21.7 Å². The fourth-order valence-corrected chi connectivity index (χ4v) is 2.02. The van der Waals surface area contributed by atoms with Crippen molar-refractivity contribution in [3.63, 3.8) is 0 Å². The van der Waals surface area contributed by atoms with Gasteiger partial charge in [-0.25, -0.2) is 8.78 Å². The van der Waals surface area contributed by atoms with E-state index in [4.69, 9.17) is 9.15 Å². The molecule has 2 heterocycles. The molecular weight excluding hydrogens is 244 g/mol. The van der Waals surface area contributed by atoms with E-state index in [1.165, 1.54) is 6.26 Å². The number of hydrogen-bond acceptors (Lipinski definition) is 3. The Morgan fingerprint density at radius 3 is 2.78 bits per heavy atom. The van der Waals surface area contributed by atoms with Crippen molar-refractivity contribution in [3.8, 4) is 0 Å². The lowest BCUT2D eigenvalue weighted by Crippen LogP contribution is -2.41. The number of amides is 1. The van der Waals surface area contributed by atoms with Gasteiger partial charge in [-0.1, -0.05) is 0 Å². The van der Waals surface area contributed by atoms with Crippen LogP contribution in [0.25, 0.3) is 0 Å². The Kier molecular flexibility index (Phi) is 3.38. The average Bonchev–Trinajstić information content (AvgIpc) is 2.50. The second-order valence-corrected chi connectivity index (χ2v) is 4.49. The minimum Gasteiger partial charge on any atom is -0.469 e. The number of carbonyl (C=O) groups excluding carboxylic acids is 1. The quantitative estimate of drug-likeness (QED) is 0.774. The van der Waals surface area contributed by atoms with Crippen molar-refractivity contribution in [2.24, 2.45) is 0 Å². The van der Waals surface area contributed by atoms with Gasteiger partial charge in [0.2, 0.25) is 0 Å².